The summed E-state index contributed by atoms with van der Waals surface area (Å²) in [6.45, 7) is 3.94. The van der Waals surface area contributed by atoms with Gasteiger partial charge < -0.3 is 34.9 Å². The number of nitrogens with zero attached hydrogens (tertiary/aromatic N) is 3. The summed E-state index contributed by atoms with van der Waals surface area (Å²) >= 11 is 0. The Morgan fingerprint density at radius 3 is 2.51 bits per heavy atom. The van der Waals surface area contributed by atoms with E-state index in [1.165, 1.54) is 12.1 Å². The van der Waals surface area contributed by atoms with E-state index in [0.717, 1.165) is 79.7 Å². The molecule has 4 aromatic carbocycles. The number of phenolic OH excluding ortho intramolecular Hbond substituents is 1. The van der Waals surface area contributed by atoms with Gasteiger partial charge in [0.2, 0.25) is 5.56 Å². The number of phenols is 1. The summed E-state index contributed by atoms with van der Waals surface area (Å²) in [5.74, 6) is -0.133. The molecule has 0 spiro atoms. The largest absolute Gasteiger partial charge is 0.506 e. The highest BCUT2D eigenvalue weighted by atomic mass is 16.4. The van der Waals surface area contributed by atoms with Crippen LogP contribution in [-0.2, 0) is 19.5 Å². The highest BCUT2D eigenvalue weighted by Crippen LogP contribution is 2.39. The summed E-state index contributed by atoms with van der Waals surface area (Å²) < 4.78 is 7.28. The third-order valence-corrected chi connectivity index (χ3v) is 11.3. The Hall–Kier alpha value is -5.69. The molecule has 284 valence electrons. The Morgan fingerprint density at radius 2 is 1.75 bits per heavy atom. The van der Waals surface area contributed by atoms with Crippen molar-refractivity contribution in [2.24, 2.45) is 5.92 Å². The molecular weight excluding hydrogens is 699 g/mol. The highest BCUT2D eigenvalue weighted by molar-refractivity contribution is 5.94. The molecule has 9 rings (SSSR count). The smallest absolute Gasteiger partial charge is 0.419 e. The van der Waals surface area contributed by atoms with E-state index in [1.54, 1.807) is 21.6 Å². The van der Waals surface area contributed by atoms with E-state index in [-0.39, 0.29) is 29.4 Å². The SMILES string of the molecule is O=C(O)N(c1cc(CCCCn2c(=O)oc3cc(CNC[C@H](O)c4ccc(O)c5[nH]c(=O)ccc45)ccc32)ccc1-c1ccccc1)[C@H]1CN2CCC1CC2. The van der Waals surface area contributed by atoms with Crippen LogP contribution >= 0.6 is 0 Å². The van der Waals surface area contributed by atoms with E-state index < -0.39 is 18.0 Å². The number of amides is 1. The van der Waals surface area contributed by atoms with E-state index in [2.05, 4.69) is 33.4 Å². The summed E-state index contributed by atoms with van der Waals surface area (Å²) in [4.78, 5) is 44.3. The number of aliphatic hydroxyl groups excluding tert-OH is 1. The van der Waals surface area contributed by atoms with E-state index in [9.17, 15) is 29.7 Å². The van der Waals surface area contributed by atoms with Gasteiger partial charge in [0.15, 0.2) is 5.58 Å². The number of pyridine rings is 1. The molecule has 3 aliphatic heterocycles. The van der Waals surface area contributed by atoms with Gasteiger partial charge in [-0.05, 0) is 104 Å². The summed E-state index contributed by atoms with van der Waals surface area (Å²) in [7, 11) is 0. The van der Waals surface area contributed by atoms with Gasteiger partial charge in [0, 0.05) is 43.2 Å². The topological polar surface area (TPSA) is 164 Å². The van der Waals surface area contributed by atoms with Gasteiger partial charge in [0.1, 0.15) is 5.75 Å². The molecule has 6 aromatic rings. The van der Waals surface area contributed by atoms with Gasteiger partial charge in [-0.15, -0.1) is 0 Å². The minimum absolute atomic E-state index is 0.0650. The molecule has 3 fully saturated rings. The van der Waals surface area contributed by atoms with Crippen molar-refractivity contribution in [3.05, 3.63) is 129 Å². The Labute approximate surface area is 317 Å². The average Bonchev–Trinajstić information content (AvgIpc) is 3.51. The highest BCUT2D eigenvalue weighted by Gasteiger charge is 2.41. The van der Waals surface area contributed by atoms with Crippen LogP contribution in [0.3, 0.4) is 0 Å². The molecule has 5 N–H and O–H groups in total. The van der Waals surface area contributed by atoms with Crippen molar-refractivity contribution in [3.8, 4) is 16.9 Å². The normalized spacial score (nSPS) is 18.5. The monoisotopic (exact) mass is 743 g/mol. The van der Waals surface area contributed by atoms with E-state index >= 15 is 0 Å². The lowest BCUT2D eigenvalue weighted by Gasteiger charge is -2.48. The maximum Gasteiger partial charge on any atom is 0.419 e. The number of benzene rings is 4. The van der Waals surface area contributed by atoms with Crippen LogP contribution in [0.15, 0.2) is 105 Å². The van der Waals surface area contributed by atoms with Crippen LogP contribution < -0.4 is 21.5 Å². The number of hydrogen-bond donors (Lipinski definition) is 5. The minimum atomic E-state index is -0.918. The molecular formula is C43H45N5O7. The fourth-order valence-corrected chi connectivity index (χ4v) is 8.49. The van der Waals surface area contributed by atoms with Crippen LogP contribution in [0.4, 0.5) is 10.5 Å². The lowest BCUT2D eigenvalue weighted by molar-refractivity contribution is 0.0837. The van der Waals surface area contributed by atoms with Crippen molar-refractivity contribution in [1.29, 1.82) is 0 Å². The number of aliphatic hydroxyl groups is 1. The first-order chi connectivity index (χ1) is 26.7. The molecule has 3 aliphatic rings. The number of aromatic nitrogens is 2. The Balaban J connectivity index is 0.914. The summed E-state index contributed by atoms with van der Waals surface area (Å²) in [6.07, 6.45) is 2.49. The standard InChI is InChI=1S/C43H45N5O7/c49-37-15-12-32(33-13-16-40(51)45-41(33)37)38(50)25-44-24-28-10-14-34-39(23-28)55-43(54)47(34)19-5-4-6-27-9-11-31(29-7-2-1-3-8-29)35(22-27)48(42(52)53)36-26-46-20-17-30(36)18-21-46/h1-3,7-16,22-23,30,36,38,44,49-50H,4-6,17-21,24-26H2,(H,45,51)(H,52,53)/t36-,38-/m0/s1. The predicted octanol–water partition coefficient (Wildman–Crippen LogP) is 6.23. The molecule has 1 amide bonds. The van der Waals surface area contributed by atoms with Gasteiger partial charge in [-0.1, -0.05) is 54.6 Å². The van der Waals surface area contributed by atoms with Gasteiger partial charge in [0.05, 0.1) is 28.9 Å². The molecule has 5 heterocycles. The number of carboxylic acid groups (broad SMARTS) is 1. The van der Waals surface area contributed by atoms with Gasteiger partial charge in [-0.2, -0.15) is 0 Å². The predicted molar refractivity (Wildman–Crippen MR) is 212 cm³/mol. The van der Waals surface area contributed by atoms with Crippen LogP contribution in [0.1, 0.15) is 48.5 Å². The number of carbonyl (C=O) groups is 1. The number of anilines is 1. The number of piperidine rings is 3. The van der Waals surface area contributed by atoms with Crippen LogP contribution in [0.2, 0.25) is 0 Å². The number of fused-ring (bicyclic) bond motifs is 5. The van der Waals surface area contributed by atoms with Crippen LogP contribution in [0.25, 0.3) is 33.1 Å². The molecule has 0 saturated carbocycles. The Kier molecular flexibility index (Phi) is 10.3. The van der Waals surface area contributed by atoms with Gasteiger partial charge in [-0.3, -0.25) is 14.3 Å². The zero-order valence-corrected chi connectivity index (χ0v) is 30.5. The quantitative estimate of drug-likeness (QED) is 0.0863. The molecule has 12 nitrogen and oxygen atoms in total. The minimum Gasteiger partial charge on any atom is -0.506 e. The number of aromatic hydroxyl groups is 1. The molecule has 3 saturated heterocycles. The second-order valence-corrected chi connectivity index (χ2v) is 14.8. The van der Waals surface area contributed by atoms with Crippen LogP contribution in [-0.4, -0.2) is 68.1 Å². The Morgan fingerprint density at radius 1 is 0.945 bits per heavy atom. The second-order valence-electron chi connectivity index (χ2n) is 14.8. The number of hydrogen-bond acceptors (Lipinski definition) is 8. The lowest BCUT2D eigenvalue weighted by atomic mass is 9.82. The number of H-pyrrole nitrogens is 1. The van der Waals surface area contributed by atoms with Crippen molar-refractivity contribution in [2.75, 3.05) is 31.1 Å². The molecule has 0 unspecified atom stereocenters. The second kappa shape index (κ2) is 15.6. The summed E-state index contributed by atoms with van der Waals surface area (Å²) in [5, 5.41) is 35.5. The molecule has 2 bridgehead atoms. The number of aryl methyl sites for hydroxylation is 2. The third-order valence-electron chi connectivity index (χ3n) is 11.3. The fourth-order valence-electron chi connectivity index (χ4n) is 8.49. The average molecular weight is 744 g/mol. The maximum atomic E-state index is 12.9. The van der Waals surface area contributed by atoms with Crippen molar-refractivity contribution >= 4 is 33.8 Å². The van der Waals surface area contributed by atoms with Crippen molar-refractivity contribution in [3.63, 3.8) is 0 Å². The number of oxazole rings is 1. The first kappa shape index (κ1) is 36.3. The van der Waals surface area contributed by atoms with E-state index in [0.29, 0.717) is 41.1 Å². The third kappa shape index (κ3) is 7.53. The van der Waals surface area contributed by atoms with Crippen molar-refractivity contribution < 1.29 is 24.5 Å². The first-order valence-electron chi connectivity index (χ1n) is 19.0. The maximum absolute atomic E-state index is 12.9. The zero-order valence-electron chi connectivity index (χ0n) is 30.5. The summed E-state index contributed by atoms with van der Waals surface area (Å²) in [5.41, 5.74) is 6.28. The number of aromatic amines is 1. The van der Waals surface area contributed by atoms with Crippen LogP contribution in [0.5, 0.6) is 5.75 Å². The lowest BCUT2D eigenvalue weighted by Crippen LogP contribution is -2.59. The fraction of sp³-hybridized carbons (Fsp3) is 0.326. The van der Waals surface area contributed by atoms with E-state index in [4.69, 9.17) is 4.42 Å². The van der Waals surface area contributed by atoms with Crippen molar-refractivity contribution in [2.45, 2.75) is 57.3 Å². The molecule has 0 aliphatic carbocycles. The molecule has 2 aromatic heterocycles. The van der Waals surface area contributed by atoms with E-state index in [1.807, 2.05) is 48.5 Å². The van der Waals surface area contributed by atoms with Gasteiger partial charge in [0.25, 0.3) is 0 Å². The molecule has 12 heteroatoms. The van der Waals surface area contributed by atoms with Crippen molar-refractivity contribution in [1.82, 2.24) is 19.8 Å². The number of unbranched alkanes of at least 4 members (excludes halogenated alkanes) is 1. The van der Waals surface area contributed by atoms with Gasteiger partial charge >= 0.3 is 11.8 Å². The first-order valence-corrected chi connectivity index (χ1v) is 19.0. The molecule has 2 atom stereocenters. The number of nitrogens with one attached hydrogen (secondary N) is 2. The van der Waals surface area contributed by atoms with Crippen LogP contribution in [0, 0.1) is 5.92 Å². The Bertz CT molecular complexity index is 2450. The number of rotatable bonds is 13. The molecule has 0 radical (unpaired) electrons. The van der Waals surface area contributed by atoms with Gasteiger partial charge in [-0.25, -0.2) is 9.59 Å². The summed E-state index contributed by atoms with van der Waals surface area (Å²) in [6, 6.07) is 27.7. The molecule has 55 heavy (non-hydrogen) atoms. The zero-order chi connectivity index (χ0) is 38.1.